The van der Waals surface area contributed by atoms with E-state index in [0.717, 1.165) is 18.1 Å². The van der Waals surface area contributed by atoms with Gasteiger partial charge in [0.05, 0.1) is 0 Å². The number of allylic oxidation sites excluding steroid dienone is 3. The molecule has 0 rings (SSSR count). The lowest BCUT2D eigenvalue weighted by atomic mass is 10.3. The van der Waals surface area contributed by atoms with Gasteiger partial charge in [-0.2, -0.15) is 0 Å². The largest absolute Gasteiger partial charge is 0.478 e. The smallest absolute Gasteiger partial charge is 0.327 e. The summed E-state index contributed by atoms with van der Waals surface area (Å²) in [6.07, 6.45) is 6.06. The van der Waals surface area contributed by atoms with E-state index in [-0.39, 0.29) is 0 Å². The summed E-state index contributed by atoms with van der Waals surface area (Å²) in [4.78, 5) is 9.25. The second-order valence-electron chi connectivity index (χ2n) is 2.20. The average Bonchev–Trinajstić information content (AvgIpc) is 2.02. The second kappa shape index (κ2) is 9.69. The summed E-state index contributed by atoms with van der Waals surface area (Å²) in [6, 6.07) is 0. The van der Waals surface area contributed by atoms with E-state index in [4.69, 9.17) is 5.11 Å². The third-order valence-corrected chi connectivity index (χ3v) is 0.813. The summed E-state index contributed by atoms with van der Waals surface area (Å²) in [5.41, 5.74) is 1.13. The monoisotopic (exact) mass is 168 g/mol. The van der Waals surface area contributed by atoms with Crippen molar-refractivity contribution in [2.24, 2.45) is 0 Å². The molecule has 68 valence electrons. The van der Waals surface area contributed by atoms with E-state index in [2.05, 4.69) is 26.2 Å². The summed E-state index contributed by atoms with van der Waals surface area (Å²) < 4.78 is 0. The maximum atomic E-state index is 9.25. The lowest BCUT2D eigenvalue weighted by Crippen LogP contribution is -1.82. The Morgan fingerprint density at radius 1 is 1.58 bits per heavy atom. The molecule has 0 aromatic heterocycles. The fourth-order valence-corrected chi connectivity index (χ4v) is 0.319. The standard InChI is InChI=1S/C7H12.C3H4O2/c1-4-5-6-7(2)3;1-2-3(4)5/h5-6H,2,4H2,1,3H3;2H,1H2,(H,4,5). The molecular weight excluding hydrogens is 152 g/mol. The van der Waals surface area contributed by atoms with Crippen molar-refractivity contribution < 1.29 is 9.90 Å². The quantitative estimate of drug-likeness (QED) is 0.519. The molecule has 12 heavy (non-hydrogen) atoms. The summed E-state index contributed by atoms with van der Waals surface area (Å²) >= 11 is 0. The molecule has 0 bridgehead atoms. The van der Waals surface area contributed by atoms with E-state index in [1.165, 1.54) is 0 Å². The Kier molecular flexibility index (Phi) is 10.7. The number of carboxylic acid groups (broad SMARTS) is 1. The molecule has 0 spiro atoms. The van der Waals surface area contributed by atoms with E-state index >= 15 is 0 Å². The van der Waals surface area contributed by atoms with Crippen molar-refractivity contribution >= 4 is 5.97 Å². The van der Waals surface area contributed by atoms with Crippen LogP contribution in [0.2, 0.25) is 0 Å². The summed E-state index contributed by atoms with van der Waals surface area (Å²) in [5.74, 6) is -0.981. The number of aliphatic carboxylic acids is 1. The number of carbonyl (C=O) groups is 1. The van der Waals surface area contributed by atoms with Gasteiger partial charge in [-0.1, -0.05) is 37.8 Å². The molecule has 0 radical (unpaired) electrons. The van der Waals surface area contributed by atoms with Gasteiger partial charge in [0.25, 0.3) is 0 Å². The Labute approximate surface area is 73.9 Å². The maximum Gasteiger partial charge on any atom is 0.327 e. The third kappa shape index (κ3) is 23.4. The normalized spacial score (nSPS) is 8.50. The van der Waals surface area contributed by atoms with E-state index < -0.39 is 5.97 Å². The first-order valence-electron chi connectivity index (χ1n) is 3.72. The summed E-state index contributed by atoms with van der Waals surface area (Å²) in [7, 11) is 0. The molecule has 0 aliphatic carbocycles. The van der Waals surface area contributed by atoms with Crippen LogP contribution in [0.1, 0.15) is 20.3 Å². The molecule has 0 saturated carbocycles. The van der Waals surface area contributed by atoms with Gasteiger partial charge < -0.3 is 5.11 Å². The fraction of sp³-hybridized carbons (Fsp3) is 0.300. The highest BCUT2D eigenvalue weighted by Gasteiger charge is 1.73. The number of rotatable bonds is 3. The first kappa shape index (κ1) is 13.3. The minimum atomic E-state index is -0.981. The van der Waals surface area contributed by atoms with Crippen molar-refractivity contribution in [3.63, 3.8) is 0 Å². The highest BCUT2D eigenvalue weighted by molar-refractivity contribution is 5.78. The van der Waals surface area contributed by atoms with Gasteiger partial charge in [0, 0.05) is 6.08 Å². The second-order valence-corrected chi connectivity index (χ2v) is 2.20. The van der Waals surface area contributed by atoms with Gasteiger partial charge in [0.15, 0.2) is 0 Å². The van der Waals surface area contributed by atoms with Crippen LogP contribution in [0.4, 0.5) is 0 Å². The first-order chi connectivity index (χ1) is 5.54. The third-order valence-electron chi connectivity index (χ3n) is 0.813. The molecule has 0 fully saturated rings. The van der Waals surface area contributed by atoms with Gasteiger partial charge in [0.1, 0.15) is 0 Å². The highest BCUT2D eigenvalue weighted by atomic mass is 16.4. The average molecular weight is 168 g/mol. The first-order valence-corrected chi connectivity index (χ1v) is 3.72. The van der Waals surface area contributed by atoms with Gasteiger partial charge in [-0.25, -0.2) is 4.79 Å². The molecule has 2 heteroatoms. The van der Waals surface area contributed by atoms with Crippen LogP contribution in [-0.4, -0.2) is 11.1 Å². The molecular formula is C10H16O2. The minimum Gasteiger partial charge on any atom is -0.478 e. The summed E-state index contributed by atoms with van der Waals surface area (Å²) in [6.45, 7) is 10.8. The highest BCUT2D eigenvalue weighted by Crippen LogP contribution is 1.89. The Hall–Kier alpha value is -1.31. The van der Waals surface area contributed by atoms with E-state index in [0.29, 0.717) is 0 Å². The number of hydrogen-bond acceptors (Lipinski definition) is 1. The summed E-state index contributed by atoms with van der Waals surface area (Å²) in [5, 5.41) is 7.60. The molecule has 0 aliphatic rings. The minimum absolute atomic E-state index is 0.833. The molecule has 0 aromatic carbocycles. The fourth-order valence-electron chi connectivity index (χ4n) is 0.319. The molecule has 1 N–H and O–H groups in total. The van der Waals surface area contributed by atoms with E-state index in [9.17, 15) is 4.79 Å². The van der Waals surface area contributed by atoms with Gasteiger partial charge in [-0.3, -0.25) is 0 Å². The molecule has 0 aromatic rings. The molecule has 0 atom stereocenters. The predicted octanol–water partition coefficient (Wildman–Crippen LogP) is 2.79. The van der Waals surface area contributed by atoms with Crippen LogP contribution in [0, 0.1) is 0 Å². The Bertz CT molecular complexity index is 178. The lowest BCUT2D eigenvalue weighted by molar-refractivity contribution is -0.131. The molecule has 0 unspecified atom stereocenters. The zero-order valence-electron chi connectivity index (χ0n) is 7.71. The van der Waals surface area contributed by atoms with Crippen LogP contribution in [0.3, 0.4) is 0 Å². The van der Waals surface area contributed by atoms with Crippen LogP contribution >= 0.6 is 0 Å². The lowest BCUT2D eigenvalue weighted by Gasteiger charge is -1.79. The van der Waals surface area contributed by atoms with Crippen molar-refractivity contribution in [1.82, 2.24) is 0 Å². The number of hydrogen-bond donors (Lipinski definition) is 1. The van der Waals surface area contributed by atoms with Crippen LogP contribution in [0.15, 0.2) is 37.0 Å². The zero-order valence-corrected chi connectivity index (χ0v) is 7.71. The topological polar surface area (TPSA) is 37.3 Å². The Balaban J connectivity index is 0. The van der Waals surface area contributed by atoms with Crippen molar-refractivity contribution in [3.05, 3.63) is 37.0 Å². The Morgan fingerprint density at radius 2 is 2.00 bits per heavy atom. The van der Waals surface area contributed by atoms with E-state index in [1.807, 2.05) is 13.0 Å². The molecule has 2 nitrogen and oxygen atoms in total. The Morgan fingerprint density at radius 3 is 2.08 bits per heavy atom. The predicted molar refractivity (Wildman–Crippen MR) is 52.1 cm³/mol. The van der Waals surface area contributed by atoms with Gasteiger partial charge in [0.2, 0.25) is 0 Å². The van der Waals surface area contributed by atoms with E-state index in [1.54, 1.807) is 0 Å². The van der Waals surface area contributed by atoms with Gasteiger partial charge in [-0.15, -0.1) is 0 Å². The number of carboxylic acids is 1. The van der Waals surface area contributed by atoms with Crippen molar-refractivity contribution in [2.75, 3.05) is 0 Å². The molecule has 0 aliphatic heterocycles. The van der Waals surface area contributed by atoms with Gasteiger partial charge >= 0.3 is 5.97 Å². The van der Waals surface area contributed by atoms with Crippen molar-refractivity contribution in [1.29, 1.82) is 0 Å². The van der Waals surface area contributed by atoms with Crippen molar-refractivity contribution in [2.45, 2.75) is 20.3 Å². The maximum absolute atomic E-state index is 9.25. The zero-order chi connectivity index (χ0) is 9.98. The molecule has 0 heterocycles. The molecule has 0 amide bonds. The van der Waals surface area contributed by atoms with Crippen LogP contribution in [0.25, 0.3) is 0 Å². The van der Waals surface area contributed by atoms with Crippen LogP contribution < -0.4 is 0 Å². The van der Waals surface area contributed by atoms with Gasteiger partial charge in [-0.05, 0) is 13.3 Å². The van der Waals surface area contributed by atoms with Crippen LogP contribution in [-0.2, 0) is 4.79 Å². The van der Waals surface area contributed by atoms with Crippen LogP contribution in [0.5, 0.6) is 0 Å². The van der Waals surface area contributed by atoms with Crippen molar-refractivity contribution in [3.8, 4) is 0 Å². The molecule has 0 saturated heterocycles. The SMILES string of the molecule is C=C(C)C=CCC.C=CC(=O)O.